The molecule has 0 aromatic rings. The van der Waals surface area contributed by atoms with Crippen molar-refractivity contribution in [1.82, 2.24) is 0 Å². The Balaban J connectivity index is 1.09. The summed E-state index contributed by atoms with van der Waals surface area (Å²) in [5.41, 5.74) is 0. The Labute approximate surface area is 634 Å². The molecule has 2 bridgehead atoms. The van der Waals surface area contributed by atoms with Crippen LogP contribution in [0.25, 0.3) is 0 Å². The van der Waals surface area contributed by atoms with Gasteiger partial charge in [-0.1, -0.05) is 91.0 Å². The normalized spacial score (nSPS) is 47.6. The second-order valence-electron chi connectivity index (χ2n) is 32.0. The average Bonchev–Trinajstić information content (AvgIpc) is 0.772. The van der Waals surface area contributed by atoms with E-state index < -0.39 is 244 Å². The Morgan fingerprint density at radius 1 is 0.491 bits per heavy atom. The second-order valence-corrected chi connectivity index (χ2v) is 32.0. The molecule has 7 rings (SSSR count). The van der Waals surface area contributed by atoms with Crippen LogP contribution in [0.3, 0.4) is 0 Å². The maximum absolute atomic E-state index is 13.6. The predicted molar refractivity (Wildman–Crippen MR) is 384 cm³/mol. The molecule has 7 aliphatic rings. The Bertz CT molecular complexity index is 2740. The van der Waals surface area contributed by atoms with Crippen LogP contribution in [0.1, 0.15) is 179 Å². The van der Waals surface area contributed by atoms with Crippen molar-refractivity contribution < 1.29 is 154 Å². The molecule has 108 heavy (non-hydrogen) atoms. The maximum atomic E-state index is 13.6. The summed E-state index contributed by atoms with van der Waals surface area (Å²) in [4.78, 5) is 13.6. The van der Waals surface area contributed by atoms with Crippen LogP contribution in [-0.2, 0) is 61.6 Å². The molecule has 7 aliphatic heterocycles. The number of rotatable bonds is 17. The fourth-order valence-electron chi connectivity index (χ4n) is 15.6. The standard InChI is InChI=1S/C77H132O31/c1-13-56(103-63-29-27-58(43(9)98-63)104-62-28-26-50(81)42(8)97-62)39(5)65(88)41(7)66(89)40(6)57-22-18-14-16-21-48(79)31-51(82)37(3)52(83)32-53(84)38(4)59-33-55(86)74(95)77(96,108-59)35-60(36(2)24-25-49(80)30-47(78)20-17-15-19-23-61(87)102-57)105-76-73(107-75-71(94)70(93)68(91)45(11)100-75)72(69(92)46(12)101-76)106-64-34-54(85)67(90)44(10)99-64/h14-19,21,23,36-60,62-76,78-86,88-96H,13,20,22,24-35H2,1-12H3/b17-15+,18-14+,21-16+,23-19+/t36?,37?,38?,39?,40?,41?,42-,43-,44-,45-,46-,47?,48?,49?,50+,51?,52?,53?,54-,55?,56?,57?,58+,59?,60?,62+,63+,64+,65?,66?,67-,68-,69-,70+,71-,72+,73-,74?,75+,76-,77?/m1/s1. The van der Waals surface area contributed by atoms with Crippen molar-refractivity contribution >= 4 is 5.97 Å². The Morgan fingerprint density at radius 3 is 1.79 bits per heavy atom. The van der Waals surface area contributed by atoms with E-state index in [4.69, 9.17) is 56.8 Å². The summed E-state index contributed by atoms with van der Waals surface area (Å²) in [7, 11) is 0. The van der Waals surface area contributed by atoms with E-state index in [1.165, 1.54) is 58.9 Å². The number of fused-ring (bicyclic) bond motifs is 2. The smallest absolute Gasteiger partial charge is 0.331 e. The number of ether oxygens (including phenoxy) is 12. The molecule has 31 heteroatoms. The largest absolute Gasteiger partial charge is 0.458 e. The van der Waals surface area contributed by atoms with Gasteiger partial charge in [0.25, 0.3) is 0 Å². The van der Waals surface area contributed by atoms with Crippen molar-refractivity contribution in [3.8, 4) is 0 Å². The van der Waals surface area contributed by atoms with Crippen molar-refractivity contribution in [2.45, 2.75) is 394 Å². The lowest BCUT2D eigenvalue weighted by molar-refractivity contribution is -0.390. The summed E-state index contributed by atoms with van der Waals surface area (Å²) in [6.07, 6.45) is -28.8. The molecule has 0 aromatic carbocycles. The van der Waals surface area contributed by atoms with Crippen molar-refractivity contribution in [3.63, 3.8) is 0 Å². The zero-order valence-electron chi connectivity index (χ0n) is 64.7. The molecule has 0 radical (unpaired) electrons. The Kier molecular flexibility index (Phi) is 36.6. The minimum atomic E-state index is -2.72. The highest BCUT2D eigenvalue weighted by molar-refractivity contribution is 5.82. The van der Waals surface area contributed by atoms with Crippen LogP contribution >= 0.6 is 0 Å². The first-order valence-electron chi connectivity index (χ1n) is 39.2. The summed E-state index contributed by atoms with van der Waals surface area (Å²) < 4.78 is 74.7. The summed E-state index contributed by atoms with van der Waals surface area (Å²) in [6, 6.07) is 0. The molecule has 6 saturated heterocycles. The fourth-order valence-corrected chi connectivity index (χ4v) is 15.6. The number of esters is 1. The molecule has 0 spiro atoms. The van der Waals surface area contributed by atoms with Crippen LogP contribution < -0.4 is 0 Å². The van der Waals surface area contributed by atoms with Gasteiger partial charge in [0.1, 0.15) is 54.9 Å². The number of hydrogen-bond donors (Lipinski definition) is 18. The van der Waals surface area contributed by atoms with Gasteiger partial charge < -0.3 is 149 Å². The van der Waals surface area contributed by atoms with Crippen molar-refractivity contribution in [2.75, 3.05) is 0 Å². The lowest BCUT2D eigenvalue weighted by Crippen LogP contribution is -2.65. The Morgan fingerprint density at radius 2 is 1.11 bits per heavy atom. The molecular weight excluding hydrogens is 1420 g/mol. The first kappa shape index (κ1) is 92.4. The van der Waals surface area contributed by atoms with Crippen LogP contribution in [0.2, 0.25) is 0 Å². The second kappa shape index (κ2) is 42.8. The molecule has 21 unspecified atom stereocenters. The first-order valence-corrected chi connectivity index (χ1v) is 39.2. The molecule has 41 atom stereocenters. The van der Waals surface area contributed by atoms with E-state index >= 15 is 0 Å². The molecule has 0 aliphatic carbocycles. The fraction of sp³-hybridized carbons (Fsp3) is 0.883. The number of carbonyl (C=O) groups is 1. The summed E-state index contributed by atoms with van der Waals surface area (Å²) in [5, 5.41) is 205. The number of allylic oxidation sites excluding steroid dienone is 4. The minimum Gasteiger partial charge on any atom is -0.458 e. The third kappa shape index (κ3) is 25.4. The summed E-state index contributed by atoms with van der Waals surface area (Å²) >= 11 is 0. The molecule has 18 N–H and O–H groups in total. The molecule has 6 fully saturated rings. The number of carbonyl (C=O) groups excluding carboxylic acids is 1. The highest BCUT2D eigenvalue weighted by atomic mass is 16.8. The van der Waals surface area contributed by atoms with E-state index in [0.29, 0.717) is 32.1 Å². The number of hydrogen-bond acceptors (Lipinski definition) is 31. The summed E-state index contributed by atoms with van der Waals surface area (Å²) in [6.45, 7) is 20.0. The van der Waals surface area contributed by atoms with Gasteiger partial charge in [0.15, 0.2) is 37.2 Å². The van der Waals surface area contributed by atoms with Crippen LogP contribution in [0, 0.1) is 35.5 Å². The molecular formula is C77H132O31. The Hall–Kier alpha value is -2.73. The molecule has 7 heterocycles. The van der Waals surface area contributed by atoms with Crippen LogP contribution in [0.4, 0.5) is 0 Å². The lowest BCUT2D eigenvalue weighted by Gasteiger charge is -2.50. The number of aliphatic hydroxyl groups excluding tert-OH is 17. The van der Waals surface area contributed by atoms with Crippen molar-refractivity contribution in [2.24, 2.45) is 35.5 Å². The van der Waals surface area contributed by atoms with Crippen LogP contribution in [0.15, 0.2) is 48.6 Å². The van der Waals surface area contributed by atoms with E-state index in [1.54, 1.807) is 39.0 Å². The highest BCUT2D eigenvalue weighted by Gasteiger charge is 2.56. The topological polar surface area (TPSA) is 492 Å². The van der Waals surface area contributed by atoms with Gasteiger partial charge in [-0.05, 0) is 91.9 Å². The van der Waals surface area contributed by atoms with E-state index in [2.05, 4.69) is 0 Å². The SMILES string of the molecule is CCC(O[C@H]1CC[C@H](O[C@H]2CC[C@H](O)[C@@H](C)O2)[C@@H](C)O1)C(C)C(O)C(C)C(O)C(C)C1C/C=C/C=C/C(O)CC(O)C(C)C(O)CC(O)C(C)C2CC(O)C(O)C(O)(CC(O[C@H]3O[C@H](C)[C@@H](O)[C@H](O[C@H]4C[C@@H](O)[C@H](O)[C@@H](C)O4)[C@H]3O[C@@H]3O[C@H](C)[C@@H](O)[C@H](O)[C@H]3O)C(C)CCC(O)CC(O)C/C=C/C=C/C(=O)O1)O2. The van der Waals surface area contributed by atoms with Gasteiger partial charge in [-0.2, -0.15) is 0 Å². The maximum Gasteiger partial charge on any atom is 0.331 e. The molecule has 0 saturated carbocycles. The first-order chi connectivity index (χ1) is 50.8. The third-order valence-corrected chi connectivity index (χ3v) is 23.5. The van der Waals surface area contributed by atoms with E-state index in [1.807, 2.05) is 27.7 Å². The minimum absolute atomic E-state index is 0.00606. The van der Waals surface area contributed by atoms with Crippen LogP contribution in [-0.4, -0.2) is 312 Å². The van der Waals surface area contributed by atoms with E-state index in [9.17, 15) is 96.7 Å². The van der Waals surface area contributed by atoms with Gasteiger partial charge in [-0.25, -0.2) is 4.79 Å². The van der Waals surface area contributed by atoms with Gasteiger partial charge in [0.2, 0.25) is 0 Å². The van der Waals surface area contributed by atoms with Crippen LogP contribution in [0.5, 0.6) is 0 Å². The van der Waals surface area contributed by atoms with E-state index in [0.717, 1.165) is 6.08 Å². The monoisotopic (exact) mass is 1550 g/mol. The zero-order valence-corrected chi connectivity index (χ0v) is 64.7. The average molecular weight is 1550 g/mol. The summed E-state index contributed by atoms with van der Waals surface area (Å²) in [5.74, 6) is -8.32. The van der Waals surface area contributed by atoms with Gasteiger partial charge in [0, 0.05) is 80.6 Å². The highest BCUT2D eigenvalue weighted by Crippen LogP contribution is 2.42. The van der Waals surface area contributed by atoms with E-state index in [-0.39, 0.29) is 76.1 Å². The molecule has 0 amide bonds. The van der Waals surface area contributed by atoms with Crippen molar-refractivity contribution in [1.29, 1.82) is 0 Å². The van der Waals surface area contributed by atoms with Crippen molar-refractivity contribution in [3.05, 3.63) is 48.6 Å². The predicted octanol–water partition coefficient (Wildman–Crippen LogP) is 0.697. The zero-order chi connectivity index (χ0) is 79.9. The van der Waals surface area contributed by atoms with Gasteiger partial charge in [-0.15, -0.1) is 0 Å². The number of cyclic esters (lactones) is 1. The third-order valence-electron chi connectivity index (χ3n) is 23.5. The molecule has 626 valence electrons. The molecule has 31 nitrogen and oxygen atoms in total. The number of aliphatic hydroxyl groups is 18. The quantitative estimate of drug-likeness (QED) is 0.0891. The van der Waals surface area contributed by atoms with Gasteiger partial charge in [0.05, 0.1) is 122 Å². The molecule has 0 aromatic heterocycles. The lowest BCUT2D eigenvalue weighted by atomic mass is 9.79. The van der Waals surface area contributed by atoms with Gasteiger partial charge >= 0.3 is 5.97 Å². The van der Waals surface area contributed by atoms with Gasteiger partial charge in [-0.3, -0.25) is 0 Å².